The molecule has 6 nitrogen and oxygen atoms in total. The normalized spacial score (nSPS) is 17.1. The largest absolute Gasteiger partial charge is 0.310 e. The first-order chi connectivity index (χ1) is 14.1. The topological polar surface area (TPSA) is 71.4 Å². The summed E-state index contributed by atoms with van der Waals surface area (Å²) in [5.74, 6) is -0.231. The van der Waals surface area contributed by atoms with Gasteiger partial charge in [-0.25, -0.2) is 4.39 Å². The van der Waals surface area contributed by atoms with Crippen LogP contribution < -0.4 is 5.32 Å². The van der Waals surface area contributed by atoms with E-state index in [9.17, 15) is 0 Å². The highest BCUT2D eigenvalue weighted by molar-refractivity contribution is 5.94. The van der Waals surface area contributed by atoms with Crippen LogP contribution in [0.2, 0.25) is 0 Å². The number of nitrogens with zero attached hydrogens (tertiary/aromatic N) is 4. The molecule has 7 heteroatoms. The minimum atomic E-state index is -0.231. The first kappa shape index (κ1) is 18.0. The Balaban J connectivity index is 1.58. The number of aromatic nitrogens is 5. The summed E-state index contributed by atoms with van der Waals surface area (Å²) in [6, 6.07) is 5.89. The molecule has 1 atom stereocenters. The summed E-state index contributed by atoms with van der Waals surface area (Å²) >= 11 is 0. The second-order valence-corrected chi connectivity index (χ2v) is 7.79. The van der Waals surface area contributed by atoms with Crippen molar-refractivity contribution in [3.8, 4) is 22.5 Å². The van der Waals surface area contributed by atoms with Crippen LogP contribution in [0.1, 0.15) is 36.4 Å². The van der Waals surface area contributed by atoms with Gasteiger partial charge in [0.05, 0.1) is 23.6 Å². The van der Waals surface area contributed by atoms with Gasteiger partial charge in [-0.1, -0.05) is 12.5 Å². The molecule has 4 aromatic rings. The summed E-state index contributed by atoms with van der Waals surface area (Å²) in [6.45, 7) is 2.94. The number of pyridine rings is 1. The van der Waals surface area contributed by atoms with Crippen LogP contribution in [0, 0.1) is 12.7 Å². The van der Waals surface area contributed by atoms with Gasteiger partial charge in [-0.05, 0) is 49.6 Å². The molecule has 1 aliphatic rings. The molecule has 0 radical (unpaired) electrons. The van der Waals surface area contributed by atoms with Gasteiger partial charge in [0.1, 0.15) is 11.5 Å². The van der Waals surface area contributed by atoms with Crippen molar-refractivity contribution in [2.45, 2.75) is 32.2 Å². The highest BCUT2D eigenvalue weighted by Gasteiger charge is 2.20. The molecule has 2 N–H and O–H groups in total. The number of rotatable bonds is 3. The van der Waals surface area contributed by atoms with E-state index in [1.807, 2.05) is 26.2 Å². The SMILES string of the molecule is Cc1cc(C2CCCCN2)cc(F)c1-c1cc2c(-c3cnn(C)c3)n[nH]c2cn1. The van der Waals surface area contributed by atoms with Crippen LogP contribution in [-0.2, 0) is 7.05 Å². The van der Waals surface area contributed by atoms with Crippen LogP contribution in [0.5, 0.6) is 0 Å². The van der Waals surface area contributed by atoms with Crippen molar-refractivity contribution in [3.05, 3.63) is 53.7 Å². The van der Waals surface area contributed by atoms with E-state index in [1.54, 1.807) is 23.1 Å². The molecule has 0 saturated carbocycles. The summed E-state index contributed by atoms with van der Waals surface area (Å²) in [6.07, 6.45) is 8.81. The van der Waals surface area contributed by atoms with Crippen molar-refractivity contribution < 1.29 is 4.39 Å². The highest BCUT2D eigenvalue weighted by Crippen LogP contribution is 2.34. The third-order valence-corrected chi connectivity index (χ3v) is 5.70. The predicted molar refractivity (Wildman–Crippen MR) is 111 cm³/mol. The lowest BCUT2D eigenvalue weighted by Crippen LogP contribution is -2.26. The molecular formula is C22H23FN6. The van der Waals surface area contributed by atoms with Crippen LogP contribution in [0.4, 0.5) is 4.39 Å². The van der Waals surface area contributed by atoms with E-state index in [2.05, 4.69) is 31.7 Å². The van der Waals surface area contributed by atoms with Crippen molar-refractivity contribution in [1.29, 1.82) is 0 Å². The van der Waals surface area contributed by atoms with Gasteiger partial charge < -0.3 is 5.32 Å². The molecule has 29 heavy (non-hydrogen) atoms. The van der Waals surface area contributed by atoms with Crippen molar-refractivity contribution in [1.82, 2.24) is 30.3 Å². The molecular weight excluding hydrogens is 367 g/mol. The molecule has 1 fully saturated rings. The van der Waals surface area contributed by atoms with Gasteiger partial charge in [-0.15, -0.1) is 0 Å². The minimum absolute atomic E-state index is 0.229. The van der Waals surface area contributed by atoms with E-state index in [-0.39, 0.29) is 11.9 Å². The van der Waals surface area contributed by atoms with Gasteiger partial charge in [0.25, 0.3) is 0 Å². The van der Waals surface area contributed by atoms with Gasteiger partial charge in [0.15, 0.2) is 0 Å². The van der Waals surface area contributed by atoms with Crippen LogP contribution in [0.25, 0.3) is 33.4 Å². The Hall–Kier alpha value is -3.06. The molecule has 1 saturated heterocycles. The summed E-state index contributed by atoms with van der Waals surface area (Å²) < 4.78 is 16.9. The van der Waals surface area contributed by atoms with Gasteiger partial charge >= 0.3 is 0 Å². The summed E-state index contributed by atoms with van der Waals surface area (Å²) in [5, 5.41) is 16.0. The quantitative estimate of drug-likeness (QED) is 0.547. The van der Waals surface area contributed by atoms with Crippen LogP contribution >= 0.6 is 0 Å². The van der Waals surface area contributed by atoms with E-state index in [4.69, 9.17) is 0 Å². The van der Waals surface area contributed by atoms with Gasteiger partial charge in [0, 0.05) is 35.8 Å². The smallest absolute Gasteiger partial charge is 0.133 e. The first-order valence-corrected chi connectivity index (χ1v) is 9.97. The Bertz CT molecular complexity index is 1160. The third kappa shape index (κ3) is 3.21. The Labute approximate surface area is 168 Å². The number of fused-ring (bicyclic) bond motifs is 1. The average Bonchev–Trinajstić information content (AvgIpc) is 3.33. The summed E-state index contributed by atoms with van der Waals surface area (Å²) in [5.41, 5.74) is 5.58. The Morgan fingerprint density at radius 2 is 2.07 bits per heavy atom. The molecule has 3 aromatic heterocycles. The lowest BCUT2D eigenvalue weighted by atomic mass is 9.93. The standard InChI is InChI=1S/C22H23FN6/c1-13-7-14(18-5-3-4-6-24-18)8-17(23)21(13)19-9-16-20(11-25-19)27-28-22(16)15-10-26-29(2)12-15/h7-12,18,24H,3-6H2,1-2H3,(H,27,28). The van der Waals surface area contributed by atoms with Crippen molar-refractivity contribution in [2.75, 3.05) is 6.54 Å². The molecule has 0 aliphatic carbocycles. The van der Waals surface area contributed by atoms with Crippen molar-refractivity contribution in [2.24, 2.45) is 7.05 Å². The zero-order chi connectivity index (χ0) is 20.0. The maximum Gasteiger partial charge on any atom is 0.133 e. The van der Waals surface area contributed by atoms with Gasteiger partial charge in [0.2, 0.25) is 0 Å². The zero-order valence-electron chi connectivity index (χ0n) is 16.5. The Morgan fingerprint density at radius 1 is 1.17 bits per heavy atom. The van der Waals surface area contributed by atoms with Crippen molar-refractivity contribution >= 4 is 10.9 Å². The fourth-order valence-corrected chi connectivity index (χ4v) is 4.25. The van der Waals surface area contributed by atoms with Crippen molar-refractivity contribution in [3.63, 3.8) is 0 Å². The number of nitrogens with one attached hydrogen (secondary N) is 2. The number of piperidine rings is 1. The van der Waals surface area contributed by atoms with Crippen LogP contribution in [0.3, 0.4) is 0 Å². The maximum atomic E-state index is 15.2. The van der Waals surface area contributed by atoms with Crippen LogP contribution in [-0.4, -0.2) is 31.5 Å². The molecule has 1 aromatic carbocycles. The Morgan fingerprint density at radius 3 is 2.79 bits per heavy atom. The molecule has 0 amide bonds. The lowest BCUT2D eigenvalue weighted by Gasteiger charge is -2.24. The molecule has 5 rings (SSSR count). The molecule has 0 spiro atoms. The number of H-pyrrole nitrogens is 1. The fraction of sp³-hybridized carbons (Fsp3) is 0.318. The average molecular weight is 390 g/mol. The van der Waals surface area contributed by atoms with E-state index in [0.717, 1.165) is 46.3 Å². The number of benzene rings is 1. The number of aromatic amines is 1. The zero-order valence-corrected chi connectivity index (χ0v) is 16.5. The Kier molecular flexibility index (Phi) is 4.39. The number of halogens is 1. The van der Waals surface area contributed by atoms with Gasteiger partial charge in [-0.3, -0.25) is 14.8 Å². The minimum Gasteiger partial charge on any atom is -0.310 e. The third-order valence-electron chi connectivity index (χ3n) is 5.70. The first-order valence-electron chi connectivity index (χ1n) is 9.97. The fourth-order valence-electron chi connectivity index (χ4n) is 4.25. The summed E-state index contributed by atoms with van der Waals surface area (Å²) in [7, 11) is 1.87. The number of aryl methyl sites for hydroxylation is 2. The molecule has 4 heterocycles. The second kappa shape index (κ2) is 7.08. The van der Waals surface area contributed by atoms with Crippen LogP contribution in [0.15, 0.2) is 36.8 Å². The number of hydrogen-bond donors (Lipinski definition) is 2. The monoisotopic (exact) mass is 390 g/mol. The summed E-state index contributed by atoms with van der Waals surface area (Å²) in [4.78, 5) is 4.51. The number of hydrogen-bond acceptors (Lipinski definition) is 4. The highest BCUT2D eigenvalue weighted by atomic mass is 19.1. The molecule has 1 unspecified atom stereocenters. The lowest BCUT2D eigenvalue weighted by molar-refractivity contribution is 0.411. The van der Waals surface area contributed by atoms with Gasteiger partial charge in [-0.2, -0.15) is 10.2 Å². The molecule has 0 bridgehead atoms. The van der Waals surface area contributed by atoms with E-state index < -0.39 is 0 Å². The van der Waals surface area contributed by atoms with E-state index in [1.165, 1.54) is 12.8 Å². The maximum absolute atomic E-state index is 15.2. The predicted octanol–water partition coefficient (Wildman–Crippen LogP) is 4.29. The second-order valence-electron chi connectivity index (χ2n) is 7.79. The van der Waals surface area contributed by atoms with E-state index in [0.29, 0.717) is 11.3 Å². The molecule has 148 valence electrons. The van der Waals surface area contributed by atoms with E-state index >= 15 is 4.39 Å². The molecule has 1 aliphatic heterocycles.